The summed E-state index contributed by atoms with van der Waals surface area (Å²) in [4.78, 5) is 11.3. The van der Waals surface area contributed by atoms with Gasteiger partial charge in [-0.15, -0.1) is 0 Å². The number of carbonyl (C=O) groups is 1. The summed E-state index contributed by atoms with van der Waals surface area (Å²) < 4.78 is 5.20. The minimum Gasteiger partial charge on any atom is -0.379 e. The van der Waals surface area contributed by atoms with Crippen molar-refractivity contribution in [3.8, 4) is 0 Å². The van der Waals surface area contributed by atoms with Crippen LogP contribution in [0.5, 0.6) is 0 Å². The zero-order valence-electron chi connectivity index (χ0n) is 7.09. The Morgan fingerprint density at radius 1 is 1.64 bits per heavy atom. The maximum atomic E-state index is 11.3. The maximum Gasteiger partial charge on any atom is 0.139 e. The van der Waals surface area contributed by atoms with Crippen LogP contribution in [0.15, 0.2) is 0 Å². The van der Waals surface area contributed by atoms with E-state index >= 15 is 0 Å². The Hall–Kier alpha value is -0.410. The Bertz CT molecular complexity index is 147. The minimum atomic E-state index is 0.0880. The molecule has 3 heteroatoms. The van der Waals surface area contributed by atoms with E-state index in [2.05, 4.69) is 5.32 Å². The summed E-state index contributed by atoms with van der Waals surface area (Å²) in [5.41, 5.74) is 0. The number of hydrogen-bond donors (Lipinski definition) is 1. The Morgan fingerprint density at radius 2 is 2.36 bits per heavy atom. The fraction of sp³-hybridized carbons (Fsp3) is 0.875. The standard InChI is InChI=1S/C8H15NO2/c1-3-8(10)6-4-11-5-7(6)9-2/h6-7,9H,3-5H2,1-2H3. The molecule has 1 aliphatic heterocycles. The molecule has 1 fully saturated rings. The van der Waals surface area contributed by atoms with E-state index in [1.165, 1.54) is 0 Å². The number of rotatable bonds is 3. The fourth-order valence-electron chi connectivity index (χ4n) is 1.42. The molecule has 2 unspecified atom stereocenters. The lowest BCUT2D eigenvalue weighted by Crippen LogP contribution is -2.36. The van der Waals surface area contributed by atoms with Crippen molar-refractivity contribution in [1.82, 2.24) is 5.32 Å². The normalized spacial score (nSPS) is 30.7. The van der Waals surface area contributed by atoms with E-state index in [-0.39, 0.29) is 12.0 Å². The van der Waals surface area contributed by atoms with Crippen molar-refractivity contribution in [2.24, 2.45) is 5.92 Å². The predicted molar refractivity (Wildman–Crippen MR) is 42.5 cm³/mol. The van der Waals surface area contributed by atoms with Gasteiger partial charge in [0.15, 0.2) is 0 Å². The Labute approximate surface area is 67.1 Å². The Balaban J connectivity index is 2.49. The quantitative estimate of drug-likeness (QED) is 0.636. The SMILES string of the molecule is CCC(=O)C1COCC1NC. The second-order valence-electron chi connectivity index (χ2n) is 2.86. The summed E-state index contributed by atoms with van der Waals surface area (Å²) in [5, 5.41) is 3.08. The highest BCUT2D eigenvalue weighted by molar-refractivity contribution is 5.81. The molecule has 3 nitrogen and oxygen atoms in total. The maximum absolute atomic E-state index is 11.3. The van der Waals surface area contributed by atoms with Crippen molar-refractivity contribution < 1.29 is 9.53 Å². The first-order valence-corrected chi connectivity index (χ1v) is 4.07. The first-order valence-electron chi connectivity index (χ1n) is 4.07. The van der Waals surface area contributed by atoms with Crippen molar-refractivity contribution in [3.63, 3.8) is 0 Å². The van der Waals surface area contributed by atoms with Gasteiger partial charge < -0.3 is 10.1 Å². The molecule has 64 valence electrons. The van der Waals surface area contributed by atoms with Crippen molar-refractivity contribution in [2.75, 3.05) is 20.3 Å². The molecule has 0 radical (unpaired) electrons. The monoisotopic (exact) mass is 157 g/mol. The summed E-state index contributed by atoms with van der Waals surface area (Å²) in [6, 6.07) is 0.238. The molecule has 0 aliphatic carbocycles. The molecule has 1 N–H and O–H groups in total. The van der Waals surface area contributed by atoms with E-state index in [1.54, 1.807) is 0 Å². The van der Waals surface area contributed by atoms with Crippen LogP contribution in [0, 0.1) is 5.92 Å². The zero-order chi connectivity index (χ0) is 8.27. The van der Waals surface area contributed by atoms with E-state index in [0.29, 0.717) is 25.4 Å². The van der Waals surface area contributed by atoms with Gasteiger partial charge in [0.1, 0.15) is 5.78 Å². The van der Waals surface area contributed by atoms with Gasteiger partial charge in [0, 0.05) is 12.5 Å². The number of nitrogens with one attached hydrogen (secondary N) is 1. The number of likely N-dealkylation sites (N-methyl/N-ethyl adjacent to an activating group) is 1. The van der Waals surface area contributed by atoms with Crippen LogP contribution in [-0.4, -0.2) is 32.1 Å². The summed E-state index contributed by atoms with van der Waals surface area (Å²) in [6.45, 7) is 3.17. The van der Waals surface area contributed by atoms with Crippen molar-refractivity contribution in [1.29, 1.82) is 0 Å². The summed E-state index contributed by atoms with van der Waals surface area (Å²) in [7, 11) is 1.87. The molecule has 1 rings (SSSR count). The van der Waals surface area contributed by atoms with Crippen molar-refractivity contribution >= 4 is 5.78 Å². The molecule has 1 heterocycles. The van der Waals surface area contributed by atoms with Crippen LogP contribution in [0.3, 0.4) is 0 Å². The lowest BCUT2D eigenvalue weighted by molar-refractivity contribution is -0.122. The lowest BCUT2D eigenvalue weighted by atomic mass is 9.97. The number of hydrogen-bond acceptors (Lipinski definition) is 3. The first kappa shape index (κ1) is 8.68. The van der Waals surface area contributed by atoms with Crippen LogP contribution in [-0.2, 0) is 9.53 Å². The van der Waals surface area contributed by atoms with Crippen LogP contribution in [0.1, 0.15) is 13.3 Å². The Kier molecular flexibility index (Phi) is 3.02. The molecule has 0 amide bonds. The largest absolute Gasteiger partial charge is 0.379 e. The Morgan fingerprint density at radius 3 is 2.91 bits per heavy atom. The summed E-state index contributed by atoms with van der Waals surface area (Å²) in [6.07, 6.45) is 0.617. The minimum absolute atomic E-state index is 0.0880. The van der Waals surface area contributed by atoms with Crippen LogP contribution in [0.25, 0.3) is 0 Å². The van der Waals surface area contributed by atoms with Gasteiger partial charge in [-0.2, -0.15) is 0 Å². The fourth-order valence-corrected chi connectivity index (χ4v) is 1.42. The molecule has 0 aromatic carbocycles. The lowest BCUT2D eigenvalue weighted by Gasteiger charge is -2.13. The molecular formula is C8H15NO2. The van der Waals surface area contributed by atoms with Gasteiger partial charge >= 0.3 is 0 Å². The summed E-state index contributed by atoms with van der Waals surface area (Å²) >= 11 is 0. The van der Waals surface area contributed by atoms with E-state index < -0.39 is 0 Å². The zero-order valence-corrected chi connectivity index (χ0v) is 7.09. The molecule has 2 atom stereocenters. The molecule has 0 spiro atoms. The smallest absolute Gasteiger partial charge is 0.139 e. The van der Waals surface area contributed by atoms with Gasteiger partial charge in [0.05, 0.1) is 19.1 Å². The van der Waals surface area contributed by atoms with Gasteiger partial charge in [-0.05, 0) is 7.05 Å². The molecule has 0 aromatic rings. The van der Waals surface area contributed by atoms with Crippen molar-refractivity contribution in [2.45, 2.75) is 19.4 Å². The molecule has 0 saturated carbocycles. The second kappa shape index (κ2) is 3.83. The van der Waals surface area contributed by atoms with Crippen molar-refractivity contribution in [3.05, 3.63) is 0 Å². The van der Waals surface area contributed by atoms with E-state index in [1.807, 2.05) is 14.0 Å². The number of ketones is 1. The van der Waals surface area contributed by atoms with E-state index in [0.717, 1.165) is 0 Å². The van der Waals surface area contributed by atoms with E-state index in [9.17, 15) is 4.79 Å². The average molecular weight is 157 g/mol. The van der Waals surface area contributed by atoms with Crippen LogP contribution >= 0.6 is 0 Å². The molecule has 0 aromatic heterocycles. The molecule has 11 heavy (non-hydrogen) atoms. The number of ether oxygens (including phenoxy) is 1. The highest BCUT2D eigenvalue weighted by Gasteiger charge is 2.31. The summed E-state index contributed by atoms with van der Waals surface area (Å²) in [5.74, 6) is 0.395. The first-order chi connectivity index (χ1) is 5.29. The van der Waals surface area contributed by atoms with Gasteiger partial charge in [0.2, 0.25) is 0 Å². The van der Waals surface area contributed by atoms with Gasteiger partial charge in [-0.1, -0.05) is 6.92 Å². The van der Waals surface area contributed by atoms with Crippen LogP contribution in [0.4, 0.5) is 0 Å². The number of carbonyl (C=O) groups excluding carboxylic acids is 1. The molecule has 0 bridgehead atoms. The second-order valence-corrected chi connectivity index (χ2v) is 2.86. The highest BCUT2D eigenvalue weighted by atomic mass is 16.5. The van der Waals surface area contributed by atoms with Crippen LogP contribution < -0.4 is 5.32 Å². The molecule has 1 saturated heterocycles. The van der Waals surface area contributed by atoms with Gasteiger partial charge in [-0.3, -0.25) is 4.79 Å². The third-order valence-corrected chi connectivity index (χ3v) is 2.21. The highest BCUT2D eigenvalue weighted by Crippen LogP contribution is 2.15. The third-order valence-electron chi connectivity index (χ3n) is 2.21. The topological polar surface area (TPSA) is 38.3 Å². The molecule has 1 aliphatic rings. The molecular weight excluding hydrogens is 142 g/mol. The average Bonchev–Trinajstić information content (AvgIpc) is 2.50. The van der Waals surface area contributed by atoms with Gasteiger partial charge in [-0.25, -0.2) is 0 Å². The van der Waals surface area contributed by atoms with Gasteiger partial charge in [0.25, 0.3) is 0 Å². The number of Topliss-reactive ketones (excluding diaryl/α,β-unsaturated/α-hetero) is 1. The predicted octanol–water partition coefficient (Wildman–Crippen LogP) is 0.200. The van der Waals surface area contributed by atoms with E-state index in [4.69, 9.17) is 4.74 Å². The van der Waals surface area contributed by atoms with Crippen LogP contribution in [0.2, 0.25) is 0 Å². The third kappa shape index (κ3) is 1.79.